The number of rotatable bonds is 6. The van der Waals surface area contributed by atoms with Crippen LogP contribution in [0.4, 0.5) is 26.4 Å². The van der Waals surface area contributed by atoms with Crippen molar-refractivity contribution in [2.45, 2.75) is 6.54 Å². The molecule has 0 aliphatic rings. The van der Waals surface area contributed by atoms with Crippen LogP contribution in [0.15, 0.2) is 85.3 Å². The Bertz CT molecular complexity index is 1450. The minimum Gasteiger partial charge on any atom is -0.365 e. The van der Waals surface area contributed by atoms with Gasteiger partial charge in [0, 0.05) is 36.5 Å². The van der Waals surface area contributed by atoms with Crippen molar-refractivity contribution in [2.24, 2.45) is 0 Å². The summed E-state index contributed by atoms with van der Waals surface area (Å²) in [4.78, 5) is 28.8. The molecule has 0 unspecified atom stereocenters. The van der Waals surface area contributed by atoms with Gasteiger partial charge in [0.2, 0.25) is 0 Å². The molecule has 0 radical (unpaired) electrons. The molecule has 0 saturated heterocycles. The first kappa shape index (κ1) is 21.1. The van der Waals surface area contributed by atoms with E-state index in [1.165, 1.54) is 18.2 Å². The highest BCUT2D eigenvalue weighted by atomic mass is 19.1. The van der Waals surface area contributed by atoms with Crippen LogP contribution >= 0.6 is 0 Å². The number of hydrogen-bond donors (Lipinski definition) is 4. The van der Waals surface area contributed by atoms with E-state index in [4.69, 9.17) is 0 Å². The van der Waals surface area contributed by atoms with Gasteiger partial charge in [-0.25, -0.2) is 19.2 Å². The lowest BCUT2D eigenvalue weighted by molar-refractivity contribution is 0.262. The standard InChI is InChI=1S/C25H20FN7O/c26-17-3-1-4-18(13-17)30-25(34)31-19-6-7-21-22(14-19)33-24(32-21)20-5-2-10-28-23(20)29-15-16-8-11-27-12-9-16/h1-14H,15H2,(H,28,29)(H,32,33)(H2,30,31,34). The normalized spacial score (nSPS) is 10.7. The van der Waals surface area contributed by atoms with E-state index >= 15 is 0 Å². The second-order valence-corrected chi connectivity index (χ2v) is 7.52. The first-order valence-corrected chi connectivity index (χ1v) is 10.6. The molecule has 0 aliphatic heterocycles. The minimum absolute atomic E-state index is 0.366. The van der Waals surface area contributed by atoms with Crippen LogP contribution in [0.5, 0.6) is 0 Å². The molecule has 0 spiro atoms. The van der Waals surface area contributed by atoms with Crippen LogP contribution < -0.4 is 16.0 Å². The molecule has 0 bridgehead atoms. The number of nitrogens with one attached hydrogen (secondary N) is 4. The summed E-state index contributed by atoms with van der Waals surface area (Å²) in [6.45, 7) is 0.598. The molecular weight excluding hydrogens is 433 g/mol. The second-order valence-electron chi connectivity index (χ2n) is 7.52. The number of pyridine rings is 2. The van der Waals surface area contributed by atoms with Crippen molar-refractivity contribution in [3.05, 3.63) is 96.7 Å². The molecule has 4 N–H and O–H groups in total. The Labute approximate surface area is 194 Å². The summed E-state index contributed by atoms with van der Waals surface area (Å²) < 4.78 is 13.3. The van der Waals surface area contributed by atoms with E-state index in [0.717, 1.165) is 22.2 Å². The number of benzene rings is 2. The van der Waals surface area contributed by atoms with Crippen molar-refractivity contribution in [3.8, 4) is 11.4 Å². The highest BCUT2D eigenvalue weighted by Crippen LogP contribution is 2.27. The highest BCUT2D eigenvalue weighted by Gasteiger charge is 2.12. The van der Waals surface area contributed by atoms with Gasteiger partial charge in [-0.3, -0.25) is 4.98 Å². The summed E-state index contributed by atoms with van der Waals surface area (Å²) in [5.41, 5.74) is 4.34. The Morgan fingerprint density at radius 1 is 0.912 bits per heavy atom. The molecule has 8 nitrogen and oxygen atoms in total. The zero-order valence-corrected chi connectivity index (χ0v) is 17.9. The van der Waals surface area contributed by atoms with Gasteiger partial charge in [0.05, 0.1) is 16.6 Å². The fraction of sp³-hybridized carbons (Fsp3) is 0.0400. The third-order valence-electron chi connectivity index (χ3n) is 5.09. The van der Waals surface area contributed by atoms with E-state index < -0.39 is 11.8 Å². The SMILES string of the molecule is O=C(Nc1cccc(F)c1)Nc1ccc2nc(-c3cccnc3NCc3ccncc3)[nH]c2c1. The summed E-state index contributed by atoms with van der Waals surface area (Å²) >= 11 is 0. The maximum absolute atomic E-state index is 13.3. The number of imidazole rings is 1. The number of nitrogens with zero attached hydrogens (tertiary/aromatic N) is 3. The smallest absolute Gasteiger partial charge is 0.323 e. The van der Waals surface area contributed by atoms with Crippen molar-refractivity contribution in [1.82, 2.24) is 19.9 Å². The Balaban J connectivity index is 1.33. The van der Waals surface area contributed by atoms with Crippen LogP contribution in [-0.2, 0) is 6.54 Å². The molecule has 34 heavy (non-hydrogen) atoms. The van der Waals surface area contributed by atoms with Gasteiger partial charge in [0.25, 0.3) is 0 Å². The van der Waals surface area contributed by atoms with Gasteiger partial charge in [-0.15, -0.1) is 0 Å². The van der Waals surface area contributed by atoms with E-state index in [0.29, 0.717) is 29.6 Å². The molecule has 2 amide bonds. The zero-order chi connectivity index (χ0) is 23.3. The van der Waals surface area contributed by atoms with Crippen LogP contribution in [0, 0.1) is 5.82 Å². The van der Waals surface area contributed by atoms with Gasteiger partial charge in [0.15, 0.2) is 0 Å². The molecule has 2 aromatic carbocycles. The lowest BCUT2D eigenvalue weighted by atomic mass is 10.2. The number of aromatic amines is 1. The Morgan fingerprint density at radius 3 is 2.56 bits per heavy atom. The van der Waals surface area contributed by atoms with Crippen molar-refractivity contribution in [1.29, 1.82) is 0 Å². The quantitative estimate of drug-likeness (QED) is 0.275. The van der Waals surface area contributed by atoms with Gasteiger partial charge in [-0.2, -0.15) is 0 Å². The van der Waals surface area contributed by atoms with E-state index in [1.54, 1.807) is 36.8 Å². The average Bonchev–Trinajstić information content (AvgIpc) is 3.27. The van der Waals surface area contributed by atoms with Gasteiger partial charge < -0.3 is 20.9 Å². The number of halogens is 1. The number of urea groups is 1. The maximum atomic E-state index is 13.3. The molecule has 3 heterocycles. The highest BCUT2D eigenvalue weighted by molar-refractivity contribution is 6.00. The zero-order valence-electron chi connectivity index (χ0n) is 17.9. The minimum atomic E-state index is -0.473. The molecule has 0 saturated carbocycles. The molecule has 0 fully saturated rings. The van der Waals surface area contributed by atoms with Crippen LogP contribution in [-0.4, -0.2) is 26.0 Å². The maximum Gasteiger partial charge on any atom is 0.323 e. The van der Waals surface area contributed by atoms with Gasteiger partial charge in [0.1, 0.15) is 17.5 Å². The average molecular weight is 453 g/mol. The number of aromatic nitrogens is 4. The largest absolute Gasteiger partial charge is 0.365 e. The number of fused-ring (bicyclic) bond motifs is 1. The van der Waals surface area contributed by atoms with E-state index in [9.17, 15) is 9.18 Å². The van der Waals surface area contributed by atoms with E-state index in [1.807, 2.05) is 30.3 Å². The van der Waals surface area contributed by atoms with Crippen molar-refractivity contribution < 1.29 is 9.18 Å². The molecule has 5 rings (SSSR count). The first-order chi connectivity index (χ1) is 16.6. The summed E-state index contributed by atoms with van der Waals surface area (Å²) in [5, 5.41) is 8.71. The predicted molar refractivity (Wildman–Crippen MR) is 130 cm³/mol. The number of hydrogen-bond acceptors (Lipinski definition) is 5. The van der Waals surface area contributed by atoms with Gasteiger partial charge >= 0.3 is 6.03 Å². The summed E-state index contributed by atoms with van der Waals surface area (Å²) in [6.07, 6.45) is 5.22. The number of carbonyl (C=O) groups excluding carboxylic acids is 1. The Morgan fingerprint density at radius 2 is 1.74 bits per heavy atom. The Hall–Kier alpha value is -4.79. The number of amides is 2. The van der Waals surface area contributed by atoms with Crippen molar-refractivity contribution in [3.63, 3.8) is 0 Å². The third-order valence-corrected chi connectivity index (χ3v) is 5.09. The van der Waals surface area contributed by atoms with Crippen LogP contribution in [0.2, 0.25) is 0 Å². The van der Waals surface area contributed by atoms with Gasteiger partial charge in [-0.1, -0.05) is 6.07 Å². The fourth-order valence-electron chi connectivity index (χ4n) is 3.50. The molecule has 168 valence electrons. The third kappa shape index (κ3) is 4.83. The Kier molecular flexibility index (Phi) is 5.81. The molecule has 3 aromatic heterocycles. The van der Waals surface area contributed by atoms with Crippen molar-refractivity contribution in [2.75, 3.05) is 16.0 Å². The fourth-order valence-corrected chi connectivity index (χ4v) is 3.50. The van der Waals surface area contributed by atoms with E-state index in [-0.39, 0.29) is 0 Å². The summed E-state index contributed by atoms with van der Waals surface area (Å²) in [7, 11) is 0. The predicted octanol–water partition coefficient (Wildman–Crippen LogP) is 5.42. The molecule has 5 aromatic rings. The van der Waals surface area contributed by atoms with Gasteiger partial charge in [-0.05, 0) is 66.2 Å². The van der Waals surface area contributed by atoms with Crippen LogP contribution in [0.1, 0.15) is 5.56 Å². The first-order valence-electron chi connectivity index (χ1n) is 10.6. The molecule has 0 aliphatic carbocycles. The topological polar surface area (TPSA) is 108 Å². The lowest BCUT2D eigenvalue weighted by Gasteiger charge is -2.09. The number of anilines is 3. The lowest BCUT2D eigenvalue weighted by Crippen LogP contribution is -2.19. The molecule has 9 heteroatoms. The van der Waals surface area contributed by atoms with Crippen LogP contribution in [0.25, 0.3) is 22.4 Å². The van der Waals surface area contributed by atoms with E-state index in [2.05, 4.69) is 35.9 Å². The van der Waals surface area contributed by atoms with Crippen molar-refractivity contribution >= 4 is 34.3 Å². The summed E-state index contributed by atoms with van der Waals surface area (Å²) in [5.74, 6) is 0.933. The van der Waals surface area contributed by atoms with Crippen LogP contribution in [0.3, 0.4) is 0 Å². The second kappa shape index (κ2) is 9.37. The monoisotopic (exact) mass is 453 g/mol. The number of H-pyrrole nitrogens is 1. The molecule has 0 atom stereocenters. The molecular formula is C25H20FN7O. The summed E-state index contributed by atoms with van der Waals surface area (Å²) in [6, 6.07) is 18.3. The number of carbonyl (C=O) groups is 1.